The number of halogens is 1. The molecule has 4 aliphatic carbocycles. The molecule has 1 aromatic heterocycles. The number of aliphatic hydroxyl groups is 1. The van der Waals surface area contributed by atoms with Gasteiger partial charge in [0.15, 0.2) is 0 Å². The number of unbranched alkanes of at least 4 members (excludes halogenated alkanes) is 1. The first kappa shape index (κ1) is 22.3. The summed E-state index contributed by atoms with van der Waals surface area (Å²) < 4.78 is 7.62. The van der Waals surface area contributed by atoms with Crippen molar-refractivity contribution in [1.29, 1.82) is 0 Å². The molecular weight excluding hydrogens is 501 g/mol. The summed E-state index contributed by atoms with van der Waals surface area (Å²) in [5, 5.41) is 20.9. The lowest BCUT2D eigenvalue weighted by molar-refractivity contribution is -0.131. The smallest absolute Gasteiger partial charge is 0.116 e. The molecule has 5 nitrogen and oxygen atoms in total. The second-order valence-corrected chi connectivity index (χ2v) is 11.8. The fraction of sp³-hybridized carbons (Fsp3) is 0.840. The Balaban J connectivity index is 1.42. The summed E-state index contributed by atoms with van der Waals surface area (Å²) in [6, 6.07) is 0. The van der Waals surface area contributed by atoms with Crippen LogP contribution in [-0.2, 0) is 15.2 Å². The van der Waals surface area contributed by atoms with E-state index in [0.29, 0.717) is 23.4 Å². The minimum atomic E-state index is -0.843. The van der Waals surface area contributed by atoms with Crippen molar-refractivity contribution in [3.63, 3.8) is 0 Å². The summed E-state index contributed by atoms with van der Waals surface area (Å²) in [7, 11) is 0. The van der Waals surface area contributed by atoms with Crippen molar-refractivity contribution < 1.29 is 8.17 Å². The van der Waals surface area contributed by atoms with Crippen LogP contribution in [0.2, 0.25) is 0 Å². The standard InChI is InChI=1S/C25H38IN3O2/c1-4-5-14-29-16-22(27-28-29)25(30)13-10-21-19-7-6-17-15-18(31-26)8-11-23(17,2)20(19)9-12-24(21,25)3/h6,16,18-21,30H,4-5,7-15H2,1-3H3/t18-,19?,20?,21?,23-,24-,25+/m0/s1. The number of hydrogen-bond donors (Lipinski definition) is 1. The molecule has 1 heterocycles. The van der Waals surface area contributed by atoms with Gasteiger partial charge in [-0.2, -0.15) is 0 Å². The molecule has 0 bridgehead atoms. The fourth-order valence-electron chi connectivity index (χ4n) is 8.06. The van der Waals surface area contributed by atoms with Crippen LogP contribution < -0.4 is 0 Å². The minimum absolute atomic E-state index is 0.107. The Kier molecular flexibility index (Phi) is 5.82. The molecule has 4 aliphatic rings. The number of rotatable bonds is 5. The lowest BCUT2D eigenvalue weighted by atomic mass is 9.47. The van der Waals surface area contributed by atoms with Crippen LogP contribution in [0.1, 0.15) is 90.7 Å². The molecule has 31 heavy (non-hydrogen) atoms. The second kappa shape index (κ2) is 8.08. The highest BCUT2D eigenvalue weighted by atomic mass is 127. The molecular formula is C25H38IN3O2. The van der Waals surface area contributed by atoms with Crippen LogP contribution in [0.25, 0.3) is 0 Å². The third-order valence-electron chi connectivity index (χ3n) is 10.0. The first-order valence-electron chi connectivity index (χ1n) is 12.5. The summed E-state index contributed by atoms with van der Waals surface area (Å²) in [6.07, 6.45) is 16.1. The lowest BCUT2D eigenvalue weighted by Gasteiger charge is -2.58. The molecule has 3 unspecified atom stereocenters. The fourth-order valence-corrected chi connectivity index (χ4v) is 8.49. The Labute approximate surface area is 201 Å². The second-order valence-electron chi connectivity index (χ2n) is 11.3. The summed E-state index contributed by atoms with van der Waals surface area (Å²) in [4.78, 5) is 0. The average Bonchev–Trinajstić information content (AvgIpc) is 3.35. The molecule has 1 aromatic rings. The quantitative estimate of drug-likeness (QED) is 0.371. The van der Waals surface area contributed by atoms with Gasteiger partial charge in [0.25, 0.3) is 0 Å². The average molecular weight is 540 g/mol. The lowest BCUT2D eigenvalue weighted by Crippen LogP contribution is -2.53. The van der Waals surface area contributed by atoms with Crippen LogP contribution >= 0.6 is 23.0 Å². The zero-order valence-electron chi connectivity index (χ0n) is 19.3. The van der Waals surface area contributed by atoms with Gasteiger partial charge in [0.2, 0.25) is 0 Å². The Bertz CT molecular complexity index is 856. The molecule has 7 atom stereocenters. The summed E-state index contributed by atoms with van der Waals surface area (Å²) in [5.74, 6) is 1.97. The van der Waals surface area contributed by atoms with Gasteiger partial charge >= 0.3 is 0 Å². The Morgan fingerprint density at radius 2 is 2.00 bits per heavy atom. The highest BCUT2D eigenvalue weighted by Crippen LogP contribution is 2.69. The van der Waals surface area contributed by atoms with E-state index in [1.807, 2.05) is 10.9 Å². The minimum Gasteiger partial charge on any atom is -0.383 e. The maximum atomic E-state index is 12.1. The van der Waals surface area contributed by atoms with Gasteiger partial charge in [0.1, 0.15) is 34.3 Å². The van der Waals surface area contributed by atoms with Crippen molar-refractivity contribution in [2.45, 2.75) is 103 Å². The van der Waals surface area contributed by atoms with Crippen LogP contribution in [-0.4, -0.2) is 26.2 Å². The van der Waals surface area contributed by atoms with Gasteiger partial charge in [-0.05, 0) is 81.0 Å². The maximum Gasteiger partial charge on any atom is 0.116 e. The van der Waals surface area contributed by atoms with Crippen molar-refractivity contribution in [2.75, 3.05) is 0 Å². The van der Waals surface area contributed by atoms with Gasteiger partial charge in [-0.25, -0.2) is 0 Å². The van der Waals surface area contributed by atoms with Crippen LogP contribution in [0.5, 0.6) is 0 Å². The molecule has 5 rings (SSSR count). The van der Waals surface area contributed by atoms with Gasteiger partial charge in [0, 0.05) is 12.0 Å². The molecule has 0 spiro atoms. The molecule has 3 saturated carbocycles. The number of nitrogens with zero attached hydrogens (tertiary/aromatic N) is 3. The maximum absolute atomic E-state index is 12.1. The summed E-state index contributed by atoms with van der Waals surface area (Å²) in [6.45, 7) is 7.97. The van der Waals surface area contributed by atoms with Crippen LogP contribution in [0.15, 0.2) is 17.8 Å². The SMILES string of the molecule is CCCCn1cc([C@]2(O)CCC3C4CC=C5C[C@@H](OI)CC[C@]5(C)C4CC[C@@]32C)nn1. The van der Waals surface area contributed by atoms with Crippen LogP contribution in [0.4, 0.5) is 0 Å². The highest BCUT2D eigenvalue weighted by molar-refractivity contribution is 14.1. The van der Waals surface area contributed by atoms with E-state index in [-0.39, 0.29) is 5.41 Å². The summed E-state index contributed by atoms with van der Waals surface area (Å²) >= 11 is 2.08. The number of fused-ring (bicyclic) bond motifs is 5. The third kappa shape index (κ3) is 3.29. The molecule has 0 aromatic carbocycles. The van der Waals surface area contributed by atoms with E-state index in [4.69, 9.17) is 3.07 Å². The summed E-state index contributed by atoms with van der Waals surface area (Å²) in [5.41, 5.74) is 1.83. The van der Waals surface area contributed by atoms with E-state index in [0.717, 1.165) is 56.7 Å². The van der Waals surface area contributed by atoms with E-state index < -0.39 is 5.60 Å². The van der Waals surface area contributed by atoms with Gasteiger partial charge in [-0.15, -0.1) is 5.10 Å². The zero-order chi connectivity index (χ0) is 21.9. The van der Waals surface area contributed by atoms with E-state index in [2.05, 4.69) is 60.2 Å². The van der Waals surface area contributed by atoms with Crippen LogP contribution in [0, 0.1) is 28.6 Å². The molecule has 0 aliphatic heterocycles. The van der Waals surface area contributed by atoms with Gasteiger partial charge < -0.3 is 8.17 Å². The number of aryl methyl sites for hydroxylation is 1. The first-order chi connectivity index (χ1) is 14.9. The van der Waals surface area contributed by atoms with Crippen molar-refractivity contribution in [1.82, 2.24) is 15.0 Å². The number of aromatic nitrogens is 3. The Morgan fingerprint density at radius 3 is 2.77 bits per heavy atom. The van der Waals surface area contributed by atoms with Gasteiger partial charge in [-0.1, -0.05) is 44.1 Å². The normalized spacial score (nSPS) is 44.4. The monoisotopic (exact) mass is 539 g/mol. The largest absolute Gasteiger partial charge is 0.383 e. The van der Waals surface area contributed by atoms with Crippen molar-refractivity contribution >= 4 is 23.0 Å². The number of allylic oxidation sites excluding steroid dienone is 1. The van der Waals surface area contributed by atoms with E-state index in [9.17, 15) is 5.11 Å². The van der Waals surface area contributed by atoms with E-state index >= 15 is 0 Å². The molecule has 6 heteroatoms. The van der Waals surface area contributed by atoms with E-state index in [1.165, 1.54) is 25.7 Å². The highest BCUT2D eigenvalue weighted by Gasteiger charge is 2.65. The Morgan fingerprint density at radius 1 is 1.19 bits per heavy atom. The molecule has 0 amide bonds. The zero-order valence-corrected chi connectivity index (χ0v) is 21.5. The molecule has 3 fully saturated rings. The molecule has 1 N–H and O–H groups in total. The Hall–Kier alpha value is -0.470. The van der Waals surface area contributed by atoms with E-state index in [1.54, 1.807) is 5.57 Å². The first-order valence-corrected chi connectivity index (χ1v) is 13.3. The molecule has 172 valence electrons. The van der Waals surface area contributed by atoms with Crippen LogP contribution in [0.3, 0.4) is 0 Å². The third-order valence-corrected chi connectivity index (χ3v) is 10.8. The van der Waals surface area contributed by atoms with Gasteiger partial charge in [0.05, 0.1) is 12.3 Å². The molecule has 0 radical (unpaired) electrons. The number of hydrogen-bond acceptors (Lipinski definition) is 4. The van der Waals surface area contributed by atoms with Crippen molar-refractivity contribution in [3.8, 4) is 0 Å². The predicted octanol–water partition coefficient (Wildman–Crippen LogP) is 5.96. The predicted molar refractivity (Wildman–Crippen MR) is 129 cm³/mol. The van der Waals surface area contributed by atoms with Crippen molar-refractivity contribution in [3.05, 3.63) is 23.5 Å². The molecule has 0 saturated heterocycles. The topological polar surface area (TPSA) is 60.2 Å². The van der Waals surface area contributed by atoms with Crippen molar-refractivity contribution in [2.24, 2.45) is 28.6 Å². The van der Waals surface area contributed by atoms with Gasteiger partial charge in [-0.3, -0.25) is 4.68 Å².